The molecule has 0 aromatic carbocycles. The number of nitrogens with one attached hydrogen (secondary N) is 2. The van der Waals surface area contributed by atoms with Crippen LogP contribution in [0.2, 0.25) is 0 Å². The Balaban J connectivity index is 1.85. The Morgan fingerprint density at radius 2 is 2.29 bits per heavy atom. The van der Waals surface area contributed by atoms with Gasteiger partial charge in [-0.3, -0.25) is 10.1 Å². The molecule has 1 atom stereocenters. The van der Waals surface area contributed by atoms with Gasteiger partial charge in [0.05, 0.1) is 10.9 Å². The first-order valence-electron chi connectivity index (χ1n) is 7.43. The predicted molar refractivity (Wildman–Crippen MR) is 85.5 cm³/mol. The van der Waals surface area contributed by atoms with Crippen LogP contribution in [-0.2, 0) is 4.79 Å². The molecule has 0 saturated carbocycles. The summed E-state index contributed by atoms with van der Waals surface area (Å²) in [6.07, 6.45) is 1.73. The molecular weight excluding hydrogens is 286 g/mol. The molecule has 1 aliphatic rings. The van der Waals surface area contributed by atoms with Crippen molar-refractivity contribution >= 4 is 28.3 Å². The number of carbonyl (C=O) groups is 2. The van der Waals surface area contributed by atoms with E-state index >= 15 is 0 Å². The van der Waals surface area contributed by atoms with Crippen LogP contribution in [0.25, 0.3) is 0 Å². The van der Waals surface area contributed by atoms with Gasteiger partial charge in [-0.25, -0.2) is 4.79 Å². The van der Waals surface area contributed by atoms with Gasteiger partial charge in [0.25, 0.3) is 0 Å². The third-order valence-electron chi connectivity index (χ3n) is 3.52. The number of nitrogens with zero attached hydrogens (tertiary/aromatic N) is 1. The third kappa shape index (κ3) is 4.74. The van der Waals surface area contributed by atoms with E-state index in [9.17, 15) is 9.59 Å². The molecular formula is C15H23N3O2S. The Kier molecular flexibility index (Phi) is 5.61. The Labute approximate surface area is 129 Å². The zero-order valence-electron chi connectivity index (χ0n) is 12.6. The molecule has 1 aromatic heterocycles. The first-order chi connectivity index (χ1) is 10.1. The normalized spacial score (nSPS) is 18.6. The molecule has 6 heteroatoms. The van der Waals surface area contributed by atoms with Crippen molar-refractivity contribution in [1.82, 2.24) is 10.2 Å². The number of anilines is 1. The molecule has 0 bridgehead atoms. The van der Waals surface area contributed by atoms with Crippen LogP contribution >= 0.6 is 11.3 Å². The molecule has 0 spiro atoms. The second-order valence-electron chi connectivity index (χ2n) is 5.83. The molecule has 1 saturated heterocycles. The van der Waals surface area contributed by atoms with Gasteiger partial charge in [-0.2, -0.15) is 0 Å². The molecule has 0 aliphatic carbocycles. The maximum Gasteiger partial charge on any atom is 0.322 e. The fraction of sp³-hybridized carbons (Fsp3) is 0.600. The van der Waals surface area contributed by atoms with Crippen molar-refractivity contribution < 1.29 is 9.59 Å². The molecule has 1 aromatic rings. The highest BCUT2D eigenvalue weighted by atomic mass is 32.1. The summed E-state index contributed by atoms with van der Waals surface area (Å²) >= 11 is 1.50. The van der Waals surface area contributed by atoms with Gasteiger partial charge < -0.3 is 10.2 Å². The van der Waals surface area contributed by atoms with Gasteiger partial charge in [-0.15, -0.1) is 11.3 Å². The van der Waals surface area contributed by atoms with Crippen LogP contribution in [-0.4, -0.2) is 36.5 Å². The molecule has 2 N–H and O–H groups in total. The van der Waals surface area contributed by atoms with Crippen molar-refractivity contribution in [3.63, 3.8) is 0 Å². The van der Waals surface area contributed by atoms with E-state index in [1.807, 2.05) is 17.5 Å². The lowest BCUT2D eigenvalue weighted by molar-refractivity contribution is -0.126. The SMILES string of the molecule is CC(C)CNC(=O)C1CCCN(C(=O)Nc2cccs2)C1. The molecule has 1 unspecified atom stereocenters. The average molecular weight is 309 g/mol. The summed E-state index contributed by atoms with van der Waals surface area (Å²) in [6, 6.07) is 3.66. The van der Waals surface area contributed by atoms with Crippen molar-refractivity contribution in [3.8, 4) is 0 Å². The summed E-state index contributed by atoms with van der Waals surface area (Å²) in [6.45, 7) is 6.05. The summed E-state index contributed by atoms with van der Waals surface area (Å²) < 4.78 is 0. The standard InChI is InChI=1S/C15H23N3O2S/c1-11(2)9-16-14(19)12-5-3-7-18(10-12)15(20)17-13-6-4-8-21-13/h4,6,8,11-12H,3,5,7,9-10H2,1-2H3,(H,16,19)(H,17,20). The first-order valence-corrected chi connectivity index (χ1v) is 8.31. The van der Waals surface area contributed by atoms with Gasteiger partial charge >= 0.3 is 6.03 Å². The van der Waals surface area contributed by atoms with Crippen molar-refractivity contribution in [2.24, 2.45) is 11.8 Å². The Bertz CT molecular complexity index is 473. The maximum atomic E-state index is 12.2. The topological polar surface area (TPSA) is 61.4 Å². The van der Waals surface area contributed by atoms with Gasteiger partial charge in [-0.05, 0) is 36.3 Å². The minimum Gasteiger partial charge on any atom is -0.356 e. The summed E-state index contributed by atoms with van der Waals surface area (Å²) in [4.78, 5) is 26.0. The van der Waals surface area contributed by atoms with E-state index in [0.29, 0.717) is 25.6 Å². The van der Waals surface area contributed by atoms with Crippen molar-refractivity contribution in [3.05, 3.63) is 17.5 Å². The van der Waals surface area contributed by atoms with Crippen LogP contribution in [0, 0.1) is 11.8 Å². The second kappa shape index (κ2) is 7.45. The minimum absolute atomic E-state index is 0.0670. The summed E-state index contributed by atoms with van der Waals surface area (Å²) in [7, 11) is 0. The number of thiophene rings is 1. The quantitative estimate of drug-likeness (QED) is 0.898. The highest BCUT2D eigenvalue weighted by Gasteiger charge is 2.28. The highest BCUT2D eigenvalue weighted by Crippen LogP contribution is 2.20. The van der Waals surface area contributed by atoms with Crippen molar-refractivity contribution in [1.29, 1.82) is 0 Å². The molecule has 2 rings (SSSR count). The smallest absolute Gasteiger partial charge is 0.322 e. The lowest BCUT2D eigenvalue weighted by Crippen LogP contribution is -2.47. The van der Waals surface area contributed by atoms with Gasteiger partial charge in [0.1, 0.15) is 0 Å². The minimum atomic E-state index is -0.112. The van der Waals surface area contributed by atoms with Crippen LogP contribution in [0.5, 0.6) is 0 Å². The molecule has 0 radical (unpaired) electrons. The lowest BCUT2D eigenvalue weighted by Gasteiger charge is -2.32. The van der Waals surface area contributed by atoms with E-state index in [1.54, 1.807) is 4.90 Å². The molecule has 1 fully saturated rings. The molecule has 5 nitrogen and oxygen atoms in total. The van der Waals surface area contributed by atoms with E-state index in [-0.39, 0.29) is 17.9 Å². The summed E-state index contributed by atoms with van der Waals surface area (Å²) in [5, 5.41) is 8.60. The van der Waals surface area contributed by atoms with Crippen molar-refractivity contribution in [2.75, 3.05) is 25.0 Å². The van der Waals surface area contributed by atoms with Crippen LogP contribution < -0.4 is 10.6 Å². The first kappa shape index (κ1) is 15.8. The average Bonchev–Trinajstić information content (AvgIpc) is 2.97. The Hall–Kier alpha value is -1.56. The molecule has 2 heterocycles. The number of urea groups is 1. The third-order valence-corrected chi connectivity index (χ3v) is 4.30. The van der Waals surface area contributed by atoms with Gasteiger partial charge in [0, 0.05) is 19.6 Å². The Morgan fingerprint density at radius 1 is 1.48 bits per heavy atom. The predicted octanol–water partition coefficient (Wildman–Crippen LogP) is 2.76. The fourth-order valence-corrected chi connectivity index (χ4v) is 2.97. The number of rotatable bonds is 4. The van der Waals surface area contributed by atoms with E-state index in [1.165, 1.54) is 11.3 Å². The van der Waals surface area contributed by atoms with E-state index < -0.39 is 0 Å². The zero-order chi connectivity index (χ0) is 15.2. The fourth-order valence-electron chi connectivity index (χ4n) is 2.36. The van der Waals surface area contributed by atoms with Gasteiger partial charge in [0.15, 0.2) is 0 Å². The van der Waals surface area contributed by atoms with E-state index in [2.05, 4.69) is 24.5 Å². The zero-order valence-corrected chi connectivity index (χ0v) is 13.4. The molecule has 1 aliphatic heterocycles. The van der Waals surface area contributed by atoms with E-state index in [4.69, 9.17) is 0 Å². The monoisotopic (exact) mass is 309 g/mol. The van der Waals surface area contributed by atoms with Crippen molar-refractivity contribution in [2.45, 2.75) is 26.7 Å². The largest absolute Gasteiger partial charge is 0.356 e. The Morgan fingerprint density at radius 3 is 2.95 bits per heavy atom. The maximum absolute atomic E-state index is 12.2. The van der Waals surface area contributed by atoms with Crippen LogP contribution in [0.3, 0.4) is 0 Å². The number of hydrogen-bond donors (Lipinski definition) is 2. The number of likely N-dealkylation sites (tertiary alicyclic amines) is 1. The van der Waals surface area contributed by atoms with E-state index in [0.717, 1.165) is 17.8 Å². The number of carbonyl (C=O) groups excluding carboxylic acids is 2. The molecule has 116 valence electrons. The lowest BCUT2D eigenvalue weighted by atomic mass is 9.97. The van der Waals surface area contributed by atoms with Crippen LogP contribution in [0.1, 0.15) is 26.7 Å². The second-order valence-corrected chi connectivity index (χ2v) is 6.78. The number of hydrogen-bond acceptors (Lipinski definition) is 3. The van der Waals surface area contributed by atoms with Crippen LogP contribution in [0.15, 0.2) is 17.5 Å². The highest BCUT2D eigenvalue weighted by molar-refractivity contribution is 7.14. The number of piperidine rings is 1. The summed E-state index contributed by atoms with van der Waals surface area (Å²) in [5.41, 5.74) is 0. The molecule has 3 amide bonds. The van der Waals surface area contributed by atoms with Gasteiger partial charge in [0.2, 0.25) is 5.91 Å². The van der Waals surface area contributed by atoms with Crippen LogP contribution in [0.4, 0.5) is 9.80 Å². The molecule has 21 heavy (non-hydrogen) atoms. The number of amides is 3. The summed E-state index contributed by atoms with van der Waals surface area (Å²) in [5.74, 6) is 0.416. The van der Waals surface area contributed by atoms with Gasteiger partial charge in [-0.1, -0.05) is 13.8 Å².